The van der Waals surface area contributed by atoms with Crippen LogP contribution in [0.5, 0.6) is 5.75 Å². The minimum atomic E-state index is -0.395. The molecule has 3 aromatic rings. The molecule has 7 heteroatoms. The molecule has 1 fully saturated rings. The standard InChI is InChI=1S/C21H24N4O2S/c1-24-13-11-22-20(24)19(15-7-3-4-9-17(15)27-2)23-21(26)25-12-5-8-16(25)18-10-6-14-28-18/h3-4,6-7,9-11,13-14,16,19H,5,8,12H2,1-2H3,(H,23,26). The van der Waals surface area contributed by atoms with Crippen LogP contribution in [-0.2, 0) is 7.05 Å². The van der Waals surface area contributed by atoms with Gasteiger partial charge in [-0.25, -0.2) is 9.78 Å². The first kappa shape index (κ1) is 18.6. The first-order valence-corrected chi connectivity index (χ1v) is 10.3. The molecular formula is C21H24N4O2S. The number of carbonyl (C=O) groups excluding carboxylic acids is 1. The fourth-order valence-electron chi connectivity index (χ4n) is 3.83. The molecule has 2 unspecified atom stereocenters. The van der Waals surface area contributed by atoms with Crippen molar-refractivity contribution < 1.29 is 9.53 Å². The molecule has 4 rings (SSSR count). The Balaban J connectivity index is 1.64. The molecule has 3 heterocycles. The molecule has 0 aliphatic carbocycles. The topological polar surface area (TPSA) is 59.4 Å². The first-order valence-electron chi connectivity index (χ1n) is 9.39. The van der Waals surface area contributed by atoms with Gasteiger partial charge in [-0.2, -0.15) is 0 Å². The van der Waals surface area contributed by atoms with Crippen LogP contribution in [0.2, 0.25) is 0 Å². The van der Waals surface area contributed by atoms with Crippen molar-refractivity contribution in [1.29, 1.82) is 0 Å². The van der Waals surface area contributed by atoms with E-state index in [9.17, 15) is 4.79 Å². The molecule has 0 spiro atoms. The predicted octanol–water partition coefficient (Wildman–Crippen LogP) is 4.13. The third-order valence-corrected chi connectivity index (χ3v) is 6.19. The SMILES string of the molecule is COc1ccccc1C(NC(=O)N1CCCC1c1cccs1)c1nccn1C. The summed E-state index contributed by atoms with van der Waals surface area (Å²) in [6.07, 6.45) is 5.63. The van der Waals surface area contributed by atoms with E-state index in [0.29, 0.717) is 0 Å². The zero-order chi connectivity index (χ0) is 19.5. The van der Waals surface area contributed by atoms with Gasteiger partial charge in [-0.3, -0.25) is 0 Å². The quantitative estimate of drug-likeness (QED) is 0.706. The zero-order valence-electron chi connectivity index (χ0n) is 16.0. The number of methoxy groups -OCH3 is 1. The Hall–Kier alpha value is -2.80. The molecule has 1 aliphatic rings. The minimum absolute atomic E-state index is 0.0743. The predicted molar refractivity (Wildman–Crippen MR) is 110 cm³/mol. The maximum Gasteiger partial charge on any atom is 0.318 e. The van der Waals surface area contributed by atoms with Crippen molar-refractivity contribution in [3.63, 3.8) is 0 Å². The Kier molecular flexibility index (Phi) is 5.34. The van der Waals surface area contributed by atoms with Gasteiger partial charge in [0.15, 0.2) is 0 Å². The normalized spacial score (nSPS) is 17.5. The molecule has 0 radical (unpaired) electrons. The van der Waals surface area contributed by atoms with Crippen LogP contribution in [-0.4, -0.2) is 34.1 Å². The molecule has 0 saturated carbocycles. The number of thiophene rings is 1. The Morgan fingerprint density at radius 3 is 2.89 bits per heavy atom. The van der Waals surface area contributed by atoms with E-state index in [1.165, 1.54) is 4.88 Å². The Morgan fingerprint density at radius 2 is 2.18 bits per heavy atom. The fraction of sp³-hybridized carbons (Fsp3) is 0.333. The van der Waals surface area contributed by atoms with Gasteiger partial charge in [0.2, 0.25) is 0 Å². The lowest BCUT2D eigenvalue weighted by atomic mass is 10.0. The summed E-state index contributed by atoms with van der Waals surface area (Å²) in [5.41, 5.74) is 0.888. The van der Waals surface area contributed by atoms with Gasteiger partial charge >= 0.3 is 6.03 Å². The second-order valence-electron chi connectivity index (χ2n) is 6.89. The Morgan fingerprint density at radius 1 is 1.32 bits per heavy atom. The molecular weight excluding hydrogens is 372 g/mol. The molecule has 146 valence electrons. The average Bonchev–Trinajstić information content (AvgIpc) is 3.46. The lowest BCUT2D eigenvalue weighted by Gasteiger charge is -2.28. The van der Waals surface area contributed by atoms with Gasteiger partial charge in [-0.15, -0.1) is 11.3 Å². The second kappa shape index (κ2) is 8.06. The summed E-state index contributed by atoms with van der Waals surface area (Å²) in [5, 5.41) is 5.28. The smallest absolute Gasteiger partial charge is 0.318 e. The molecule has 2 atom stereocenters. The number of hydrogen-bond acceptors (Lipinski definition) is 4. The van der Waals surface area contributed by atoms with E-state index >= 15 is 0 Å². The highest BCUT2D eigenvalue weighted by Crippen LogP contribution is 2.35. The van der Waals surface area contributed by atoms with Crippen molar-refractivity contribution in [3.05, 3.63) is 70.4 Å². The van der Waals surface area contributed by atoms with E-state index in [2.05, 4.69) is 21.7 Å². The summed E-state index contributed by atoms with van der Waals surface area (Å²) >= 11 is 1.70. The summed E-state index contributed by atoms with van der Waals surface area (Å²) in [7, 11) is 3.57. The zero-order valence-corrected chi connectivity index (χ0v) is 16.9. The summed E-state index contributed by atoms with van der Waals surface area (Å²) in [6, 6.07) is 11.6. The Labute approximate surface area is 168 Å². The highest BCUT2D eigenvalue weighted by atomic mass is 32.1. The number of carbonyl (C=O) groups is 1. The van der Waals surface area contributed by atoms with Crippen molar-refractivity contribution in [3.8, 4) is 5.75 Å². The summed E-state index contributed by atoms with van der Waals surface area (Å²) in [5.74, 6) is 1.50. The number of urea groups is 1. The van der Waals surface area contributed by atoms with Gasteiger partial charge in [0.05, 0.1) is 13.2 Å². The van der Waals surface area contributed by atoms with E-state index < -0.39 is 6.04 Å². The van der Waals surface area contributed by atoms with Crippen LogP contribution < -0.4 is 10.1 Å². The molecule has 2 amide bonds. The average molecular weight is 397 g/mol. The van der Waals surface area contributed by atoms with Gasteiger partial charge in [0, 0.05) is 36.4 Å². The van der Waals surface area contributed by atoms with Crippen molar-refractivity contribution in [2.75, 3.05) is 13.7 Å². The van der Waals surface area contributed by atoms with Gasteiger partial charge in [-0.05, 0) is 30.4 Å². The van der Waals surface area contributed by atoms with E-state index in [1.54, 1.807) is 24.6 Å². The summed E-state index contributed by atoms with van der Waals surface area (Å²) < 4.78 is 7.48. The number of imidazole rings is 1. The van der Waals surface area contributed by atoms with E-state index in [0.717, 1.165) is 36.5 Å². The second-order valence-corrected chi connectivity index (χ2v) is 7.87. The lowest BCUT2D eigenvalue weighted by Crippen LogP contribution is -2.42. The van der Waals surface area contributed by atoms with Crippen LogP contribution in [0.15, 0.2) is 54.2 Å². The molecule has 6 nitrogen and oxygen atoms in total. The van der Waals surface area contributed by atoms with Crippen molar-refractivity contribution in [2.45, 2.75) is 24.9 Å². The van der Waals surface area contributed by atoms with Crippen LogP contribution in [0.1, 0.15) is 41.2 Å². The van der Waals surface area contributed by atoms with Crippen LogP contribution in [0.4, 0.5) is 4.79 Å². The van der Waals surface area contributed by atoms with Crippen LogP contribution in [0.25, 0.3) is 0 Å². The number of nitrogens with zero attached hydrogens (tertiary/aromatic N) is 3. The van der Waals surface area contributed by atoms with Crippen molar-refractivity contribution >= 4 is 17.4 Å². The number of nitrogens with one attached hydrogen (secondary N) is 1. The number of benzene rings is 1. The maximum absolute atomic E-state index is 13.3. The molecule has 1 saturated heterocycles. The van der Waals surface area contributed by atoms with Crippen molar-refractivity contribution in [2.24, 2.45) is 7.05 Å². The first-order chi connectivity index (χ1) is 13.7. The van der Waals surface area contributed by atoms with Gasteiger partial charge < -0.3 is 19.5 Å². The molecule has 1 aliphatic heterocycles. The number of ether oxygens (including phenoxy) is 1. The fourth-order valence-corrected chi connectivity index (χ4v) is 4.71. The van der Waals surface area contributed by atoms with E-state index in [-0.39, 0.29) is 12.1 Å². The minimum Gasteiger partial charge on any atom is -0.496 e. The van der Waals surface area contributed by atoms with Gasteiger partial charge in [-0.1, -0.05) is 24.3 Å². The number of aromatic nitrogens is 2. The largest absolute Gasteiger partial charge is 0.496 e. The van der Waals surface area contributed by atoms with E-state index in [4.69, 9.17) is 4.74 Å². The number of hydrogen-bond donors (Lipinski definition) is 1. The monoisotopic (exact) mass is 396 g/mol. The van der Waals surface area contributed by atoms with Crippen LogP contribution >= 0.6 is 11.3 Å². The van der Waals surface area contributed by atoms with Gasteiger partial charge in [0.25, 0.3) is 0 Å². The molecule has 1 N–H and O–H groups in total. The van der Waals surface area contributed by atoms with Gasteiger partial charge in [0.1, 0.15) is 17.6 Å². The van der Waals surface area contributed by atoms with Crippen LogP contribution in [0, 0.1) is 0 Å². The van der Waals surface area contributed by atoms with Crippen LogP contribution in [0.3, 0.4) is 0 Å². The number of likely N-dealkylation sites (tertiary alicyclic amines) is 1. The summed E-state index contributed by atoms with van der Waals surface area (Å²) in [6.45, 7) is 0.758. The summed E-state index contributed by atoms with van der Waals surface area (Å²) in [4.78, 5) is 21.0. The number of rotatable bonds is 5. The number of amides is 2. The van der Waals surface area contributed by atoms with Crippen molar-refractivity contribution in [1.82, 2.24) is 19.8 Å². The third-order valence-electron chi connectivity index (χ3n) is 5.22. The molecule has 1 aromatic carbocycles. The molecule has 0 bridgehead atoms. The maximum atomic E-state index is 13.3. The molecule has 28 heavy (non-hydrogen) atoms. The Bertz CT molecular complexity index is 938. The third kappa shape index (κ3) is 3.49. The van der Waals surface area contributed by atoms with E-state index in [1.807, 2.05) is 53.0 Å². The highest BCUT2D eigenvalue weighted by molar-refractivity contribution is 7.10. The lowest BCUT2D eigenvalue weighted by molar-refractivity contribution is 0.190. The molecule has 2 aromatic heterocycles. The highest BCUT2D eigenvalue weighted by Gasteiger charge is 2.33. The number of para-hydroxylation sites is 1. The number of aryl methyl sites for hydroxylation is 1.